The van der Waals surface area contributed by atoms with Gasteiger partial charge in [-0.1, -0.05) is 0 Å². The van der Waals surface area contributed by atoms with E-state index in [1.807, 2.05) is 11.8 Å². The standard InChI is InChI=1S/C13H24N2O3/c1-9(7-8-12(16)17)14-13(18)15-10(2)5-4-6-11(15)3/h9-11H,4-8H2,1-3H3,(H,14,18)(H,16,17)/t9?,10-,11+. The van der Waals surface area contributed by atoms with Gasteiger partial charge in [-0.2, -0.15) is 0 Å². The first kappa shape index (κ1) is 14.8. The average Bonchev–Trinajstić information content (AvgIpc) is 2.26. The number of piperidine rings is 1. The van der Waals surface area contributed by atoms with E-state index >= 15 is 0 Å². The number of nitrogens with one attached hydrogen (secondary N) is 1. The smallest absolute Gasteiger partial charge is 0.318 e. The van der Waals surface area contributed by atoms with Crippen molar-refractivity contribution in [1.82, 2.24) is 10.2 Å². The fraction of sp³-hybridized carbons (Fsp3) is 0.846. The third-order valence-corrected chi connectivity index (χ3v) is 3.59. The monoisotopic (exact) mass is 256 g/mol. The Labute approximate surface area is 109 Å². The van der Waals surface area contributed by atoms with Crippen LogP contribution in [0.5, 0.6) is 0 Å². The molecule has 1 rings (SSSR count). The lowest BCUT2D eigenvalue weighted by molar-refractivity contribution is -0.137. The Morgan fingerprint density at radius 2 is 1.89 bits per heavy atom. The number of hydrogen-bond acceptors (Lipinski definition) is 2. The van der Waals surface area contributed by atoms with Crippen molar-refractivity contribution < 1.29 is 14.7 Å². The molecule has 0 radical (unpaired) electrons. The van der Waals surface area contributed by atoms with Gasteiger partial charge in [0.15, 0.2) is 0 Å². The van der Waals surface area contributed by atoms with Crippen molar-refractivity contribution in [2.45, 2.75) is 71.0 Å². The highest BCUT2D eigenvalue weighted by Crippen LogP contribution is 2.22. The van der Waals surface area contributed by atoms with Crippen LogP contribution in [0.25, 0.3) is 0 Å². The Hall–Kier alpha value is -1.26. The van der Waals surface area contributed by atoms with Gasteiger partial charge in [0.05, 0.1) is 0 Å². The van der Waals surface area contributed by atoms with E-state index in [1.54, 1.807) is 0 Å². The fourth-order valence-corrected chi connectivity index (χ4v) is 2.52. The van der Waals surface area contributed by atoms with Crippen LogP contribution >= 0.6 is 0 Å². The third-order valence-electron chi connectivity index (χ3n) is 3.59. The van der Waals surface area contributed by atoms with E-state index in [4.69, 9.17) is 5.11 Å². The molecule has 5 heteroatoms. The van der Waals surface area contributed by atoms with Gasteiger partial charge in [-0.25, -0.2) is 4.79 Å². The minimum atomic E-state index is -0.823. The van der Waals surface area contributed by atoms with Gasteiger partial charge in [0.1, 0.15) is 0 Å². The predicted molar refractivity (Wildman–Crippen MR) is 69.5 cm³/mol. The van der Waals surface area contributed by atoms with Gasteiger partial charge in [0.2, 0.25) is 0 Å². The van der Waals surface area contributed by atoms with Crippen molar-refractivity contribution in [1.29, 1.82) is 0 Å². The summed E-state index contributed by atoms with van der Waals surface area (Å²) in [7, 11) is 0. The van der Waals surface area contributed by atoms with Crippen LogP contribution in [0.15, 0.2) is 0 Å². The van der Waals surface area contributed by atoms with Crippen LogP contribution in [0.4, 0.5) is 4.79 Å². The number of aliphatic carboxylic acids is 1. The Bertz CT molecular complexity index is 297. The normalized spacial score (nSPS) is 25.6. The summed E-state index contributed by atoms with van der Waals surface area (Å²) in [5.74, 6) is -0.823. The molecule has 0 aromatic rings. The molecule has 5 nitrogen and oxygen atoms in total. The number of carbonyl (C=O) groups excluding carboxylic acids is 1. The number of carbonyl (C=O) groups is 2. The molecule has 1 saturated heterocycles. The predicted octanol–water partition coefficient (Wildman–Crippen LogP) is 2.21. The number of nitrogens with zero attached hydrogens (tertiary/aromatic N) is 1. The fourth-order valence-electron chi connectivity index (χ4n) is 2.52. The summed E-state index contributed by atoms with van der Waals surface area (Å²) >= 11 is 0. The van der Waals surface area contributed by atoms with E-state index in [9.17, 15) is 9.59 Å². The second-order valence-electron chi connectivity index (χ2n) is 5.32. The van der Waals surface area contributed by atoms with Crippen molar-refractivity contribution in [2.75, 3.05) is 0 Å². The number of likely N-dealkylation sites (tertiary alicyclic amines) is 1. The molecule has 0 bridgehead atoms. The molecule has 2 amide bonds. The van der Waals surface area contributed by atoms with E-state index in [0.29, 0.717) is 6.42 Å². The highest BCUT2D eigenvalue weighted by Gasteiger charge is 2.29. The molecule has 0 aromatic carbocycles. The van der Waals surface area contributed by atoms with Gasteiger partial charge in [-0.05, 0) is 46.5 Å². The molecule has 18 heavy (non-hydrogen) atoms. The van der Waals surface area contributed by atoms with Gasteiger partial charge < -0.3 is 15.3 Å². The first-order valence-electron chi connectivity index (χ1n) is 6.72. The lowest BCUT2D eigenvalue weighted by Crippen LogP contribution is -2.53. The zero-order valence-electron chi connectivity index (χ0n) is 11.5. The lowest BCUT2D eigenvalue weighted by Gasteiger charge is -2.39. The molecule has 0 saturated carbocycles. The van der Waals surface area contributed by atoms with E-state index in [2.05, 4.69) is 19.2 Å². The topological polar surface area (TPSA) is 69.6 Å². The van der Waals surface area contributed by atoms with Crippen LogP contribution < -0.4 is 5.32 Å². The molecule has 2 N–H and O–H groups in total. The van der Waals surface area contributed by atoms with Crippen LogP contribution in [0.2, 0.25) is 0 Å². The molecule has 104 valence electrons. The van der Waals surface area contributed by atoms with Crippen LogP contribution in [0, 0.1) is 0 Å². The van der Waals surface area contributed by atoms with Gasteiger partial charge in [-0.3, -0.25) is 4.79 Å². The summed E-state index contributed by atoms with van der Waals surface area (Å²) in [5.41, 5.74) is 0. The zero-order chi connectivity index (χ0) is 13.7. The van der Waals surface area contributed by atoms with Gasteiger partial charge >= 0.3 is 12.0 Å². The molecule has 0 aromatic heterocycles. The molecule has 1 aliphatic heterocycles. The first-order valence-corrected chi connectivity index (χ1v) is 6.72. The molecule has 0 spiro atoms. The Morgan fingerprint density at radius 1 is 1.33 bits per heavy atom. The van der Waals surface area contributed by atoms with Gasteiger partial charge in [0.25, 0.3) is 0 Å². The van der Waals surface area contributed by atoms with Crippen molar-refractivity contribution in [3.05, 3.63) is 0 Å². The van der Waals surface area contributed by atoms with Gasteiger partial charge in [0, 0.05) is 24.5 Å². The number of urea groups is 1. The molecule has 1 unspecified atom stereocenters. The quantitative estimate of drug-likeness (QED) is 0.810. The van der Waals surface area contributed by atoms with Crippen LogP contribution in [0.1, 0.15) is 52.9 Å². The molecule has 1 heterocycles. The average molecular weight is 256 g/mol. The number of rotatable bonds is 4. The molecule has 3 atom stereocenters. The van der Waals surface area contributed by atoms with Crippen LogP contribution in [-0.2, 0) is 4.79 Å². The van der Waals surface area contributed by atoms with Crippen LogP contribution in [0.3, 0.4) is 0 Å². The summed E-state index contributed by atoms with van der Waals surface area (Å²) in [6, 6.07) is 0.364. The maximum Gasteiger partial charge on any atom is 0.318 e. The number of amides is 2. The van der Waals surface area contributed by atoms with E-state index in [0.717, 1.165) is 12.8 Å². The molecular formula is C13H24N2O3. The summed E-state index contributed by atoms with van der Waals surface area (Å²) in [6.45, 7) is 5.98. The largest absolute Gasteiger partial charge is 0.481 e. The Morgan fingerprint density at radius 3 is 2.39 bits per heavy atom. The summed E-state index contributed by atoms with van der Waals surface area (Å²) < 4.78 is 0. The lowest BCUT2D eigenvalue weighted by atomic mass is 9.98. The maximum atomic E-state index is 12.1. The SMILES string of the molecule is CC(CCC(=O)O)NC(=O)N1[C@H](C)CCC[C@@H]1C. The second kappa shape index (κ2) is 6.61. The van der Waals surface area contributed by atoms with E-state index < -0.39 is 5.97 Å². The third kappa shape index (κ3) is 4.20. The molecule has 1 fully saturated rings. The first-order chi connectivity index (χ1) is 8.41. The summed E-state index contributed by atoms with van der Waals surface area (Å²) in [5, 5.41) is 11.5. The van der Waals surface area contributed by atoms with Crippen molar-refractivity contribution in [3.8, 4) is 0 Å². The summed E-state index contributed by atoms with van der Waals surface area (Å²) in [4.78, 5) is 24.5. The maximum absolute atomic E-state index is 12.1. The molecule has 0 aliphatic carbocycles. The van der Waals surface area contributed by atoms with E-state index in [-0.39, 0.29) is 30.6 Å². The summed E-state index contributed by atoms with van der Waals surface area (Å²) in [6.07, 6.45) is 3.81. The Kier molecular flexibility index (Phi) is 5.44. The van der Waals surface area contributed by atoms with Crippen molar-refractivity contribution in [3.63, 3.8) is 0 Å². The number of carboxylic acid groups (broad SMARTS) is 1. The molecule has 1 aliphatic rings. The van der Waals surface area contributed by atoms with Crippen LogP contribution in [-0.4, -0.2) is 40.1 Å². The number of carboxylic acids is 1. The Balaban J connectivity index is 2.45. The van der Waals surface area contributed by atoms with Gasteiger partial charge in [-0.15, -0.1) is 0 Å². The number of hydrogen-bond donors (Lipinski definition) is 2. The minimum Gasteiger partial charge on any atom is -0.481 e. The highest BCUT2D eigenvalue weighted by atomic mass is 16.4. The van der Waals surface area contributed by atoms with Crippen molar-refractivity contribution >= 4 is 12.0 Å². The second-order valence-corrected chi connectivity index (χ2v) is 5.32. The minimum absolute atomic E-state index is 0.0624. The van der Waals surface area contributed by atoms with Crippen molar-refractivity contribution in [2.24, 2.45) is 0 Å². The zero-order valence-corrected chi connectivity index (χ0v) is 11.5. The van der Waals surface area contributed by atoms with E-state index in [1.165, 1.54) is 6.42 Å². The molecular weight excluding hydrogens is 232 g/mol. The highest BCUT2D eigenvalue weighted by molar-refractivity contribution is 5.75.